The maximum atomic E-state index is 14.3. The molecule has 1 aliphatic heterocycles. The number of imide groups is 1. The molecule has 30 heavy (non-hydrogen) atoms. The Balaban J connectivity index is 1.69. The van der Waals surface area contributed by atoms with Crippen LogP contribution in [0.25, 0.3) is 10.2 Å². The zero-order valence-electron chi connectivity index (χ0n) is 15.7. The van der Waals surface area contributed by atoms with Crippen LogP contribution < -0.4 is 4.80 Å². The molecule has 1 aromatic heterocycles. The van der Waals surface area contributed by atoms with Crippen molar-refractivity contribution in [3.8, 4) is 0 Å². The van der Waals surface area contributed by atoms with E-state index < -0.39 is 35.9 Å². The van der Waals surface area contributed by atoms with Crippen LogP contribution in [-0.2, 0) is 16.1 Å². The Morgan fingerprint density at radius 1 is 1.13 bits per heavy atom. The number of carbonyl (C=O) groups excluding carboxylic acids is 3. The number of hydrogen-bond acceptors (Lipinski definition) is 5. The molecule has 0 unspecified atom stereocenters. The van der Waals surface area contributed by atoms with E-state index in [1.165, 1.54) is 23.8 Å². The van der Waals surface area contributed by atoms with Crippen molar-refractivity contribution >= 4 is 39.3 Å². The number of methoxy groups -OCH3 is 1. The van der Waals surface area contributed by atoms with Gasteiger partial charge in [-0.05, 0) is 18.2 Å². The molecule has 0 spiro atoms. The van der Waals surface area contributed by atoms with Crippen LogP contribution in [0.4, 0.5) is 8.78 Å². The lowest BCUT2D eigenvalue weighted by molar-refractivity contribution is -0.118. The van der Waals surface area contributed by atoms with E-state index in [0.717, 1.165) is 28.4 Å². The minimum Gasteiger partial charge on any atom is -0.383 e. The van der Waals surface area contributed by atoms with Gasteiger partial charge in [0.05, 0.1) is 28.0 Å². The Bertz CT molecular complexity index is 1230. The molecule has 0 saturated heterocycles. The lowest BCUT2D eigenvalue weighted by atomic mass is 10.1. The fourth-order valence-corrected chi connectivity index (χ4v) is 4.38. The van der Waals surface area contributed by atoms with Gasteiger partial charge in [0.1, 0.15) is 12.4 Å². The first-order chi connectivity index (χ1) is 14.4. The highest BCUT2D eigenvalue weighted by atomic mass is 32.1. The van der Waals surface area contributed by atoms with E-state index in [1.807, 2.05) is 0 Å². The van der Waals surface area contributed by atoms with Crippen molar-refractivity contribution in [2.45, 2.75) is 6.54 Å². The number of aromatic nitrogens is 1. The van der Waals surface area contributed by atoms with E-state index in [1.54, 1.807) is 12.1 Å². The summed E-state index contributed by atoms with van der Waals surface area (Å²) in [7, 11) is 1.47. The first kappa shape index (κ1) is 20.0. The predicted octanol–water partition coefficient (Wildman–Crippen LogP) is 2.35. The van der Waals surface area contributed by atoms with Crippen molar-refractivity contribution in [2.75, 3.05) is 20.3 Å². The molecular formula is C20H15F2N3O4S. The van der Waals surface area contributed by atoms with Crippen LogP contribution in [0.1, 0.15) is 20.7 Å². The molecule has 0 fully saturated rings. The van der Waals surface area contributed by atoms with E-state index in [0.29, 0.717) is 0 Å². The molecule has 7 nitrogen and oxygen atoms in total. The Kier molecular flexibility index (Phi) is 5.27. The summed E-state index contributed by atoms with van der Waals surface area (Å²) in [6.07, 6.45) is 0. The van der Waals surface area contributed by atoms with Crippen LogP contribution in [-0.4, -0.2) is 47.4 Å². The van der Waals surface area contributed by atoms with Crippen LogP contribution >= 0.6 is 11.3 Å². The molecule has 0 bridgehead atoms. The second-order valence-electron chi connectivity index (χ2n) is 6.51. The highest BCUT2D eigenvalue weighted by Crippen LogP contribution is 2.23. The summed E-state index contributed by atoms with van der Waals surface area (Å²) >= 11 is 0.929. The molecule has 0 atom stereocenters. The smallest absolute Gasteiger partial charge is 0.268 e. The minimum atomic E-state index is -0.786. The predicted molar refractivity (Wildman–Crippen MR) is 104 cm³/mol. The van der Waals surface area contributed by atoms with E-state index in [4.69, 9.17) is 4.74 Å². The van der Waals surface area contributed by atoms with Crippen LogP contribution in [0.15, 0.2) is 41.4 Å². The lowest BCUT2D eigenvalue weighted by Gasteiger charge is -2.10. The molecule has 0 radical (unpaired) electrons. The number of halogens is 2. The highest BCUT2D eigenvalue weighted by Gasteiger charge is 2.36. The first-order valence-electron chi connectivity index (χ1n) is 8.91. The summed E-state index contributed by atoms with van der Waals surface area (Å²) in [6, 6.07) is 8.19. The van der Waals surface area contributed by atoms with Gasteiger partial charge in [0.25, 0.3) is 17.7 Å². The Morgan fingerprint density at radius 3 is 2.43 bits per heavy atom. The molecule has 10 heteroatoms. The van der Waals surface area contributed by atoms with Crippen molar-refractivity contribution in [1.29, 1.82) is 0 Å². The van der Waals surface area contributed by atoms with Gasteiger partial charge in [0, 0.05) is 19.7 Å². The summed E-state index contributed by atoms with van der Waals surface area (Å²) < 4.78 is 34.7. The Morgan fingerprint density at radius 2 is 1.80 bits per heavy atom. The number of benzene rings is 2. The van der Waals surface area contributed by atoms with E-state index >= 15 is 0 Å². The zero-order chi connectivity index (χ0) is 21.4. The maximum Gasteiger partial charge on any atom is 0.268 e. The second kappa shape index (κ2) is 7.88. The molecule has 0 N–H and O–H groups in total. The number of ether oxygens (including phenoxy) is 1. The average Bonchev–Trinajstić information content (AvgIpc) is 3.16. The van der Waals surface area contributed by atoms with Gasteiger partial charge in [-0.3, -0.25) is 19.3 Å². The molecule has 3 amide bonds. The van der Waals surface area contributed by atoms with E-state index in [9.17, 15) is 23.2 Å². The van der Waals surface area contributed by atoms with Gasteiger partial charge in [-0.15, -0.1) is 0 Å². The molecule has 2 heterocycles. The molecule has 0 saturated carbocycles. The molecule has 4 rings (SSSR count). The van der Waals surface area contributed by atoms with Gasteiger partial charge in [-0.25, -0.2) is 8.78 Å². The fourth-order valence-electron chi connectivity index (χ4n) is 3.26. The number of carbonyl (C=O) groups is 3. The van der Waals surface area contributed by atoms with Crippen molar-refractivity contribution in [1.82, 2.24) is 9.47 Å². The number of nitrogens with zero attached hydrogens (tertiary/aromatic N) is 3. The van der Waals surface area contributed by atoms with E-state index in [-0.39, 0.29) is 39.3 Å². The SMILES string of the molecule is COCCn1c(=NC(=O)CN2C(=O)c3ccccc3C2=O)sc2cc(F)cc(F)c21. The third-order valence-corrected chi connectivity index (χ3v) is 5.63. The summed E-state index contributed by atoms with van der Waals surface area (Å²) in [5, 5.41) is 0. The molecule has 154 valence electrons. The number of hydrogen-bond donors (Lipinski definition) is 0. The largest absolute Gasteiger partial charge is 0.383 e. The van der Waals surface area contributed by atoms with Crippen LogP contribution in [0.2, 0.25) is 0 Å². The number of thiazole rings is 1. The van der Waals surface area contributed by atoms with Gasteiger partial charge >= 0.3 is 0 Å². The maximum absolute atomic E-state index is 14.3. The Labute approximate surface area is 172 Å². The van der Waals surface area contributed by atoms with Gasteiger partial charge < -0.3 is 9.30 Å². The monoisotopic (exact) mass is 431 g/mol. The van der Waals surface area contributed by atoms with Crippen molar-refractivity contribution in [3.05, 3.63) is 64.0 Å². The average molecular weight is 431 g/mol. The normalized spacial score (nSPS) is 14.1. The zero-order valence-corrected chi connectivity index (χ0v) is 16.5. The fraction of sp³-hybridized carbons (Fsp3) is 0.200. The third kappa shape index (κ3) is 3.44. The minimum absolute atomic E-state index is 0.103. The summed E-state index contributed by atoms with van der Waals surface area (Å²) in [4.78, 5) is 42.3. The molecule has 2 aromatic carbocycles. The molecule has 1 aliphatic rings. The van der Waals surface area contributed by atoms with Crippen LogP contribution in [0, 0.1) is 11.6 Å². The highest BCUT2D eigenvalue weighted by molar-refractivity contribution is 7.16. The topological polar surface area (TPSA) is 81.0 Å². The van der Waals surface area contributed by atoms with Crippen molar-refractivity contribution in [3.63, 3.8) is 0 Å². The standard InChI is InChI=1S/C20H15F2N3O4S/c1-29-7-6-24-17-14(22)8-11(21)9-15(17)30-20(24)23-16(26)10-25-18(27)12-4-2-3-5-13(12)19(25)28/h2-5,8-9H,6-7,10H2,1H3. The van der Waals surface area contributed by atoms with E-state index in [2.05, 4.69) is 4.99 Å². The van der Waals surface area contributed by atoms with Gasteiger partial charge in [-0.2, -0.15) is 4.99 Å². The molecular weight excluding hydrogens is 416 g/mol. The molecule has 0 aliphatic carbocycles. The third-order valence-electron chi connectivity index (χ3n) is 4.61. The van der Waals surface area contributed by atoms with Crippen LogP contribution in [0.5, 0.6) is 0 Å². The summed E-state index contributed by atoms with van der Waals surface area (Å²) in [5.74, 6) is -3.44. The summed E-state index contributed by atoms with van der Waals surface area (Å²) in [6.45, 7) is -0.164. The second-order valence-corrected chi connectivity index (χ2v) is 7.52. The number of amides is 3. The van der Waals surface area contributed by atoms with Gasteiger partial charge in [-0.1, -0.05) is 23.5 Å². The lowest BCUT2D eigenvalue weighted by Crippen LogP contribution is -2.35. The van der Waals surface area contributed by atoms with Crippen molar-refractivity contribution < 1.29 is 27.9 Å². The Hall–Kier alpha value is -3.24. The molecule has 3 aromatic rings. The van der Waals surface area contributed by atoms with Gasteiger partial charge in [0.15, 0.2) is 10.6 Å². The van der Waals surface area contributed by atoms with Gasteiger partial charge in [0.2, 0.25) is 0 Å². The van der Waals surface area contributed by atoms with Crippen molar-refractivity contribution in [2.24, 2.45) is 4.99 Å². The van der Waals surface area contributed by atoms with Crippen LogP contribution in [0.3, 0.4) is 0 Å². The first-order valence-corrected chi connectivity index (χ1v) is 9.72. The number of fused-ring (bicyclic) bond motifs is 2. The number of rotatable bonds is 5. The quantitative estimate of drug-likeness (QED) is 0.581. The summed E-state index contributed by atoms with van der Waals surface area (Å²) in [5.41, 5.74) is 0.556.